The summed E-state index contributed by atoms with van der Waals surface area (Å²) in [6.45, 7) is 0. The van der Waals surface area contributed by atoms with Gasteiger partial charge in [-0.15, -0.1) is 0 Å². The van der Waals surface area contributed by atoms with Crippen molar-refractivity contribution in [3.63, 3.8) is 0 Å². The van der Waals surface area contributed by atoms with Crippen LogP contribution in [0.25, 0.3) is 5.70 Å². The topological polar surface area (TPSA) is 44.7 Å². The van der Waals surface area contributed by atoms with Crippen LogP contribution < -0.4 is 5.32 Å². The van der Waals surface area contributed by atoms with Gasteiger partial charge >= 0.3 is 0 Å². The van der Waals surface area contributed by atoms with Gasteiger partial charge in [-0.3, -0.25) is 9.79 Å². The maximum absolute atomic E-state index is 11.5. The summed E-state index contributed by atoms with van der Waals surface area (Å²) in [6, 6.07) is 7.48. The number of amidine groups is 1. The molecule has 3 aliphatic heterocycles. The van der Waals surface area contributed by atoms with Gasteiger partial charge in [0.25, 0.3) is 0 Å². The molecule has 1 N–H and O–H groups in total. The third-order valence-corrected chi connectivity index (χ3v) is 6.19. The second-order valence-corrected chi connectivity index (χ2v) is 7.58. The Morgan fingerprint density at radius 1 is 1.22 bits per heavy atom. The van der Waals surface area contributed by atoms with Crippen LogP contribution in [0.1, 0.15) is 43.2 Å². The zero-order valence-electron chi connectivity index (χ0n) is 12.9. The van der Waals surface area contributed by atoms with Gasteiger partial charge in [0.1, 0.15) is 0 Å². The summed E-state index contributed by atoms with van der Waals surface area (Å²) in [4.78, 5) is 18.9. The van der Waals surface area contributed by atoms with Crippen molar-refractivity contribution < 1.29 is 4.79 Å². The van der Waals surface area contributed by atoms with Gasteiger partial charge < -0.3 is 10.2 Å². The van der Waals surface area contributed by atoms with Gasteiger partial charge in [0, 0.05) is 17.5 Å². The molecule has 23 heavy (non-hydrogen) atoms. The number of carbonyl (C=O) groups is 1. The molecular formula is C18H19N3OS. The number of aliphatic imine (C=N–C) groups is 1. The highest BCUT2D eigenvalue weighted by Crippen LogP contribution is 2.44. The minimum atomic E-state index is 0.125. The molecule has 0 bridgehead atoms. The number of anilines is 1. The van der Waals surface area contributed by atoms with Crippen molar-refractivity contribution in [3.05, 3.63) is 34.7 Å². The number of amides is 1. The summed E-state index contributed by atoms with van der Waals surface area (Å²) in [5.74, 6) is 0.125. The Bertz CT molecular complexity index is 755. The predicted octanol–water partition coefficient (Wildman–Crippen LogP) is 3.60. The van der Waals surface area contributed by atoms with Crippen molar-refractivity contribution in [3.8, 4) is 0 Å². The zero-order valence-corrected chi connectivity index (χ0v) is 13.7. The Morgan fingerprint density at radius 3 is 3.09 bits per heavy atom. The zero-order chi connectivity index (χ0) is 15.4. The molecule has 0 aromatic heterocycles. The number of carbonyl (C=O) groups excluding carboxylic acids is 1. The van der Waals surface area contributed by atoms with E-state index in [-0.39, 0.29) is 5.91 Å². The van der Waals surface area contributed by atoms with E-state index in [0.29, 0.717) is 18.5 Å². The van der Waals surface area contributed by atoms with E-state index in [0.717, 1.165) is 12.1 Å². The molecule has 118 valence electrons. The van der Waals surface area contributed by atoms with Gasteiger partial charge in [-0.2, -0.15) is 0 Å². The monoisotopic (exact) mass is 325 g/mol. The lowest BCUT2D eigenvalue weighted by Gasteiger charge is -2.32. The molecule has 0 unspecified atom stereocenters. The number of fused-ring (bicyclic) bond motifs is 4. The van der Waals surface area contributed by atoms with Crippen molar-refractivity contribution in [1.29, 1.82) is 0 Å². The quantitative estimate of drug-likeness (QED) is 0.858. The molecule has 4 aliphatic rings. The molecule has 1 saturated carbocycles. The van der Waals surface area contributed by atoms with E-state index in [1.807, 2.05) is 0 Å². The summed E-state index contributed by atoms with van der Waals surface area (Å²) < 4.78 is 0. The first-order valence-corrected chi connectivity index (χ1v) is 9.34. The number of aryl methyl sites for hydroxylation is 1. The van der Waals surface area contributed by atoms with Crippen molar-refractivity contribution in [2.75, 3.05) is 5.32 Å². The average molecular weight is 325 g/mol. The molecule has 2 atom stereocenters. The standard InChI is InChI=1S/C18H19N3OS/c22-17-8-6-11-9-12(5-7-13(11)19-17)16-10-23-18-20-14-3-1-2-4-15(14)21(16)18/h5,7,9-10,14-15H,1-4,6,8H2,(H,19,22)/t14-,15-/m0/s1. The normalized spacial score (nSPS) is 28.5. The fraction of sp³-hybridized carbons (Fsp3) is 0.444. The smallest absolute Gasteiger partial charge is 0.224 e. The maximum atomic E-state index is 11.5. The van der Waals surface area contributed by atoms with E-state index >= 15 is 0 Å². The average Bonchev–Trinajstić information content (AvgIpc) is 3.13. The van der Waals surface area contributed by atoms with Crippen LogP contribution in [-0.2, 0) is 11.2 Å². The maximum Gasteiger partial charge on any atom is 0.224 e. The molecule has 0 saturated heterocycles. The van der Waals surface area contributed by atoms with Gasteiger partial charge in [-0.1, -0.05) is 30.7 Å². The van der Waals surface area contributed by atoms with Crippen molar-refractivity contribution in [2.24, 2.45) is 4.99 Å². The number of hydrogen-bond donors (Lipinski definition) is 1. The lowest BCUT2D eigenvalue weighted by atomic mass is 9.90. The number of nitrogens with zero attached hydrogens (tertiary/aromatic N) is 2. The summed E-state index contributed by atoms with van der Waals surface area (Å²) in [5.41, 5.74) is 4.77. The summed E-state index contributed by atoms with van der Waals surface area (Å²) in [6.07, 6.45) is 6.53. The lowest BCUT2D eigenvalue weighted by Crippen LogP contribution is -2.38. The first-order chi connectivity index (χ1) is 11.3. The van der Waals surface area contributed by atoms with E-state index in [1.54, 1.807) is 11.8 Å². The Balaban J connectivity index is 1.48. The Hall–Kier alpha value is -1.75. The van der Waals surface area contributed by atoms with E-state index < -0.39 is 0 Å². The number of hydrogen-bond acceptors (Lipinski definition) is 4. The lowest BCUT2D eigenvalue weighted by molar-refractivity contribution is -0.116. The summed E-state index contributed by atoms with van der Waals surface area (Å²) in [5, 5.41) is 6.39. The summed E-state index contributed by atoms with van der Waals surface area (Å²) in [7, 11) is 0. The van der Waals surface area contributed by atoms with Crippen LogP contribution in [-0.4, -0.2) is 28.1 Å². The minimum Gasteiger partial charge on any atom is -0.326 e. The molecule has 5 rings (SSSR count). The second-order valence-electron chi connectivity index (χ2n) is 6.74. The highest BCUT2D eigenvalue weighted by Gasteiger charge is 2.42. The highest BCUT2D eigenvalue weighted by molar-refractivity contribution is 8.16. The van der Waals surface area contributed by atoms with E-state index in [4.69, 9.17) is 4.99 Å². The van der Waals surface area contributed by atoms with Gasteiger partial charge in [-0.25, -0.2) is 0 Å². The van der Waals surface area contributed by atoms with Crippen molar-refractivity contribution >= 4 is 34.2 Å². The molecule has 0 radical (unpaired) electrons. The first kappa shape index (κ1) is 13.7. The van der Waals surface area contributed by atoms with E-state index in [1.165, 1.54) is 47.7 Å². The van der Waals surface area contributed by atoms with E-state index in [2.05, 4.69) is 33.8 Å². The number of thioether (sulfide) groups is 1. The third-order valence-electron chi connectivity index (χ3n) is 5.34. The molecule has 0 spiro atoms. The molecule has 1 aliphatic carbocycles. The molecule has 1 aromatic rings. The SMILES string of the molecule is O=C1CCc2cc(C3=CSC4=N[C@H]5CCCC[C@@H]5N34)ccc2N1. The van der Waals surface area contributed by atoms with Crippen LogP contribution in [0.15, 0.2) is 28.6 Å². The Kier molecular flexibility index (Phi) is 3.05. The van der Waals surface area contributed by atoms with Crippen LogP contribution in [0, 0.1) is 0 Å². The van der Waals surface area contributed by atoms with Crippen LogP contribution in [0.2, 0.25) is 0 Å². The minimum absolute atomic E-state index is 0.125. The van der Waals surface area contributed by atoms with Crippen molar-refractivity contribution in [1.82, 2.24) is 4.90 Å². The van der Waals surface area contributed by atoms with Gasteiger partial charge in [0.2, 0.25) is 5.91 Å². The molecule has 3 heterocycles. The predicted molar refractivity (Wildman–Crippen MR) is 94.3 cm³/mol. The van der Waals surface area contributed by atoms with Crippen LogP contribution in [0.5, 0.6) is 0 Å². The fourth-order valence-electron chi connectivity index (χ4n) is 4.17. The third kappa shape index (κ3) is 2.13. The molecular weight excluding hydrogens is 306 g/mol. The number of rotatable bonds is 1. The largest absolute Gasteiger partial charge is 0.326 e. The Morgan fingerprint density at radius 2 is 2.13 bits per heavy atom. The van der Waals surface area contributed by atoms with Crippen molar-refractivity contribution in [2.45, 2.75) is 50.6 Å². The van der Waals surface area contributed by atoms with E-state index in [9.17, 15) is 4.79 Å². The highest BCUT2D eigenvalue weighted by atomic mass is 32.2. The van der Waals surface area contributed by atoms with Gasteiger partial charge in [0.15, 0.2) is 5.17 Å². The molecule has 5 heteroatoms. The van der Waals surface area contributed by atoms with Crippen LogP contribution in [0.4, 0.5) is 5.69 Å². The van der Waals surface area contributed by atoms with Gasteiger partial charge in [0.05, 0.1) is 17.8 Å². The second kappa shape index (κ2) is 5.13. The van der Waals surface area contributed by atoms with Gasteiger partial charge in [-0.05, 0) is 42.5 Å². The molecule has 1 aromatic carbocycles. The number of benzene rings is 1. The number of nitrogens with one attached hydrogen (secondary N) is 1. The van der Waals surface area contributed by atoms with Crippen LogP contribution >= 0.6 is 11.8 Å². The first-order valence-electron chi connectivity index (χ1n) is 8.46. The molecule has 1 fully saturated rings. The van der Waals surface area contributed by atoms with Crippen LogP contribution in [0.3, 0.4) is 0 Å². The summed E-state index contributed by atoms with van der Waals surface area (Å²) >= 11 is 1.76. The molecule has 4 nitrogen and oxygen atoms in total. The Labute approximate surface area is 140 Å². The molecule has 1 amide bonds. The fourth-order valence-corrected chi connectivity index (χ4v) is 5.18.